The van der Waals surface area contributed by atoms with Crippen LogP contribution in [0.1, 0.15) is 39.0 Å². The van der Waals surface area contributed by atoms with Crippen LogP contribution in [0, 0.1) is 0 Å². The van der Waals surface area contributed by atoms with Crippen LogP contribution in [0.15, 0.2) is 0 Å². The summed E-state index contributed by atoms with van der Waals surface area (Å²) in [6, 6.07) is 0. The van der Waals surface area contributed by atoms with E-state index in [-0.39, 0.29) is 5.12 Å². The van der Waals surface area contributed by atoms with E-state index in [0.717, 1.165) is 5.25 Å². The van der Waals surface area contributed by atoms with Crippen LogP contribution in [0.25, 0.3) is 0 Å². The Kier molecular flexibility index (Phi) is 4.38. The third-order valence-corrected chi connectivity index (χ3v) is 4.74. The molecule has 3 heteroatoms. The van der Waals surface area contributed by atoms with Gasteiger partial charge < -0.3 is 0 Å². The van der Waals surface area contributed by atoms with E-state index in [1.165, 1.54) is 42.9 Å². The molecule has 0 N–H and O–H groups in total. The quantitative estimate of drug-likeness (QED) is 0.622. The Morgan fingerprint density at radius 2 is 1.91 bits per heavy atom. The molecule has 0 atom stereocenters. The first-order valence-electron chi connectivity index (χ1n) is 4.13. The van der Waals surface area contributed by atoms with Gasteiger partial charge in [0.2, 0.25) is 0 Å². The summed E-state index contributed by atoms with van der Waals surface area (Å²) in [5.41, 5.74) is 0. The van der Waals surface area contributed by atoms with Crippen molar-refractivity contribution in [1.29, 1.82) is 0 Å². The standard InChI is InChI=1S/C8H14OS2/c1-7(9)10-11-8-5-3-2-4-6-8/h8H,2-6H2,1H3. The number of carbonyl (C=O) groups excluding carboxylic acids is 1. The smallest absolute Gasteiger partial charge is 0.196 e. The van der Waals surface area contributed by atoms with E-state index in [1.807, 2.05) is 0 Å². The minimum absolute atomic E-state index is 0.237. The Morgan fingerprint density at radius 1 is 1.27 bits per heavy atom. The molecule has 0 spiro atoms. The van der Waals surface area contributed by atoms with Crippen molar-refractivity contribution in [2.45, 2.75) is 44.3 Å². The van der Waals surface area contributed by atoms with Gasteiger partial charge in [-0.1, -0.05) is 30.1 Å². The monoisotopic (exact) mass is 190 g/mol. The summed E-state index contributed by atoms with van der Waals surface area (Å²) in [6.45, 7) is 1.64. The van der Waals surface area contributed by atoms with E-state index in [1.54, 1.807) is 17.7 Å². The van der Waals surface area contributed by atoms with Crippen molar-refractivity contribution < 1.29 is 4.79 Å². The minimum atomic E-state index is 0.237. The van der Waals surface area contributed by atoms with Crippen molar-refractivity contribution >= 4 is 26.7 Å². The highest BCUT2D eigenvalue weighted by atomic mass is 33.1. The molecule has 0 heterocycles. The zero-order valence-electron chi connectivity index (χ0n) is 6.84. The molecule has 0 bridgehead atoms. The van der Waals surface area contributed by atoms with E-state index in [9.17, 15) is 4.79 Å². The first kappa shape index (κ1) is 9.46. The summed E-state index contributed by atoms with van der Waals surface area (Å²) in [5.74, 6) is 0. The van der Waals surface area contributed by atoms with Crippen molar-refractivity contribution in [3.63, 3.8) is 0 Å². The van der Waals surface area contributed by atoms with Gasteiger partial charge in [0.25, 0.3) is 0 Å². The largest absolute Gasteiger partial charge is 0.287 e. The van der Waals surface area contributed by atoms with Gasteiger partial charge >= 0.3 is 0 Å². The van der Waals surface area contributed by atoms with Crippen molar-refractivity contribution in [3.05, 3.63) is 0 Å². The normalized spacial score (nSPS) is 20.1. The van der Waals surface area contributed by atoms with Gasteiger partial charge in [-0.2, -0.15) is 0 Å². The zero-order chi connectivity index (χ0) is 8.10. The fourth-order valence-corrected chi connectivity index (χ4v) is 3.49. The van der Waals surface area contributed by atoms with E-state index in [4.69, 9.17) is 0 Å². The Balaban J connectivity index is 2.09. The molecule has 0 aromatic heterocycles. The lowest BCUT2D eigenvalue weighted by molar-refractivity contribution is -0.109. The molecule has 11 heavy (non-hydrogen) atoms. The van der Waals surface area contributed by atoms with Crippen LogP contribution in [0.2, 0.25) is 0 Å². The molecule has 0 aliphatic heterocycles. The number of hydrogen-bond acceptors (Lipinski definition) is 3. The van der Waals surface area contributed by atoms with Crippen molar-refractivity contribution in [1.82, 2.24) is 0 Å². The SMILES string of the molecule is CC(=O)SSC1CCCCC1. The molecule has 0 aromatic carbocycles. The lowest BCUT2D eigenvalue weighted by Gasteiger charge is -2.19. The maximum absolute atomic E-state index is 10.6. The van der Waals surface area contributed by atoms with Gasteiger partial charge in [-0.25, -0.2) is 0 Å². The summed E-state index contributed by atoms with van der Waals surface area (Å²) in [7, 11) is 3.19. The molecule has 64 valence electrons. The lowest BCUT2D eigenvalue weighted by atomic mass is 10.0. The van der Waals surface area contributed by atoms with Crippen molar-refractivity contribution in [2.75, 3.05) is 0 Å². The Morgan fingerprint density at radius 3 is 2.45 bits per heavy atom. The van der Waals surface area contributed by atoms with Gasteiger partial charge in [0.15, 0.2) is 5.12 Å². The molecule has 0 aromatic rings. The molecule has 0 unspecified atom stereocenters. The summed E-state index contributed by atoms with van der Waals surface area (Å²) in [6.07, 6.45) is 6.73. The summed E-state index contributed by atoms with van der Waals surface area (Å²) in [5, 5.41) is 0.984. The topological polar surface area (TPSA) is 17.1 Å². The van der Waals surface area contributed by atoms with Crippen LogP contribution in [-0.4, -0.2) is 10.4 Å². The molecule has 1 fully saturated rings. The molecule has 1 aliphatic carbocycles. The van der Waals surface area contributed by atoms with Crippen LogP contribution >= 0.6 is 21.6 Å². The average molecular weight is 190 g/mol. The fraction of sp³-hybridized carbons (Fsp3) is 0.875. The number of carbonyl (C=O) groups is 1. The second-order valence-corrected chi connectivity index (χ2v) is 5.61. The molecule has 0 radical (unpaired) electrons. The maximum atomic E-state index is 10.6. The third kappa shape index (κ3) is 4.06. The summed E-state index contributed by atoms with van der Waals surface area (Å²) < 4.78 is 0. The van der Waals surface area contributed by atoms with Crippen LogP contribution in [0.5, 0.6) is 0 Å². The van der Waals surface area contributed by atoms with E-state index in [0.29, 0.717) is 0 Å². The second-order valence-electron chi connectivity index (χ2n) is 2.93. The van der Waals surface area contributed by atoms with Crippen LogP contribution in [0.3, 0.4) is 0 Å². The summed E-state index contributed by atoms with van der Waals surface area (Å²) >= 11 is 0. The minimum Gasteiger partial charge on any atom is -0.287 e. The van der Waals surface area contributed by atoms with Gasteiger partial charge in [0.05, 0.1) is 0 Å². The van der Waals surface area contributed by atoms with Crippen molar-refractivity contribution in [2.24, 2.45) is 0 Å². The Labute approximate surface area is 76.1 Å². The van der Waals surface area contributed by atoms with Gasteiger partial charge in [0.1, 0.15) is 0 Å². The number of rotatable bonds is 2. The van der Waals surface area contributed by atoms with Gasteiger partial charge in [0, 0.05) is 12.2 Å². The molecule has 0 amide bonds. The first-order chi connectivity index (χ1) is 5.29. The van der Waals surface area contributed by atoms with Crippen molar-refractivity contribution in [3.8, 4) is 0 Å². The van der Waals surface area contributed by atoms with Gasteiger partial charge in [-0.15, -0.1) is 0 Å². The highest BCUT2D eigenvalue weighted by molar-refractivity contribution is 8.82. The fourth-order valence-electron chi connectivity index (χ4n) is 1.30. The highest BCUT2D eigenvalue weighted by Gasteiger charge is 2.14. The molecular formula is C8H14OS2. The molecule has 1 saturated carbocycles. The molecule has 0 saturated heterocycles. The molecule has 1 nitrogen and oxygen atoms in total. The highest BCUT2D eigenvalue weighted by Crippen LogP contribution is 2.35. The lowest BCUT2D eigenvalue weighted by Crippen LogP contribution is -2.06. The third-order valence-electron chi connectivity index (χ3n) is 1.85. The van der Waals surface area contributed by atoms with E-state index in [2.05, 4.69) is 0 Å². The van der Waals surface area contributed by atoms with Crippen LogP contribution in [0.4, 0.5) is 0 Å². The predicted molar refractivity (Wildman–Crippen MR) is 52.7 cm³/mol. The van der Waals surface area contributed by atoms with Gasteiger partial charge in [-0.3, -0.25) is 4.79 Å². The second kappa shape index (κ2) is 5.09. The van der Waals surface area contributed by atoms with Crippen LogP contribution < -0.4 is 0 Å². The predicted octanol–water partition coefficient (Wildman–Crippen LogP) is 3.25. The molecule has 1 rings (SSSR count). The van der Waals surface area contributed by atoms with Gasteiger partial charge in [-0.05, 0) is 23.6 Å². The average Bonchev–Trinajstić information content (AvgIpc) is 2.03. The Hall–Kier alpha value is 0.370. The van der Waals surface area contributed by atoms with E-state index >= 15 is 0 Å². The first-order valence-corrected chi connectivity index (χ1v) is 6.34. The molecular weight excluding hydrogens is 176 g/mol. The summed E-state index contributed by atoms with van der Waals surface area (Å²) in [4.78, 5) is 10.6. The van der Waals surface area contributed by atoms with Crippen LogP contribution in [-0.2, 0) is 4.79 Å². The number of hydrogen-bond donors (Lipinski definition) is 0. The molecule has 1 aliphatic rings. The zero-order valence-corrected chi connectivity index (χ0v) is 8.47. The maximum Gasteiger partial charge on any atom is 0.196 e. The van der Waals surface area contributed by atoms with E-state index < -0.39 is 0 Å². The Bertz CT molecular complexity index is 130.